The van der Waals surface area contributed by atoms with Gasteiger partial charge in [0, 0.05) is 5.92 Å². The molecule has 0 aromatic heterocycles. The number of benzene rings is 1. The highest BCUT2D eigenvalue weighted by molar-refractivity contribution is 6.13. The Kier molecular flexibility index (Phi) is 4.70. The van der Waals surface area contributed by atoms with Crippen LogP contribution in [0.3, 0.4) is 0 Å². The summed E-state index contributed by atoms with van der Waals surface area (Å²) in [5.74, 6) is -1.27. The van der Waals surface area contributed by atoms with Gasteiger partial charge in [-0.05, 0) is 25.1 Å². The van der Waals surface area contributed by atoms with E-state index in [4.69, 9.17) is 14.2 Å². The maximum absolute atomic E-state index is 12.0. The van der Waals surface area contributed by atoms with Gasteiger partial charge in [-0.1, -0.05) is 6.92 Å². The zero-order valence-electron chi connectivity index (χ0n) is 13.7. The maximum atomic E-state index is 12.0. The van der Waals surface area contributed by atoms with E-state index < -0.39 is 36.3 Å². The van der Waals surface area contributed by atoms with Gasteiger partial charge in [-0.2, -0.15) is 0 Å². The van der Waals surface area contributed by atoms with Crippen LogP contribution < -0.4 is 9.47 Å². The van der Waals surface area contributed by atoms with Gasteiger partial charge in [-0.3, -0.25) is 4.79 Å². The summed E-state index contributed by atoms with van der Waals surface area (Å²) in [6.45, 7) is 2.91. The molecule has 0 radical (unpaired) electrons. The van der Waals surface area contributed by atoms with Gasteiger partial charge in [-0.15, -0.1) is 0 Å². The number of hydrogen-bond donors (Lipinski definition) is 4. The van der Waals surface area contributed by atoms with Crippen LogP contribution in [0.2, 0.25) is 0 Å². The molecule has 1 saturated heterocycles. The second kappa shape index (κ2) is 6.64. The molecule has 0 bridgehead atoms. The van der Waals surface area contributed by atoms with Crippen molar-refractivity contribution >= 4 is 5.78 Å². The molecule has 1 aromatic rings. The third-order valence-electron chi connectivity index (χ3n) is 4.52. The number of allylic oxidation sites excluding steroid dienone is 2. The van der Waals surface area contributed by atoms with Gasteiger partial charge in [0.2, 0.25) is 17.8 Å². The Bertz CT molecular complexity index is 711. The molecule has 2 heterocycles. The van der Waals surface area contributed by atoms with Crippen molar-refractivity contribution in [3.63, 3.8) is 0 Å². The lowest BCUT2D eigenvalue weighted by atomic mass is 9.91. The molecule has 0 saturated carbocycles. The Balaban J connectivity index is 1.86. The zero-order chi connectivity index (χ0) is 18.3. The van der Waals surface area contributed by atoms with E-state index in [1.807, 2.05) is 0 Å². The maximum Gasteiger partial charge on any atom is 0.231 e. The summed E-state index contributed by atoms with van der Waals surface area (Å²) in [5.41, 5.74) is 0.199. The summed E-state index contributed by atoms with van der Waals surface area (Å²) in [4.78, 5) is 12.0. The number of hydrogen-bond acceptors (Lipinski definition) is 8. The highest BCUT2D eigenvalue weighted by Crippen LogP contribution is 2.45. The normalized spacial score (nSPS) is 33.2. The van der Waals surface area contributed by atoms with E-state index in [1.165, 1.54) is 18.2 Å². The predicted octanol–water partition coefficient (Wildman–Crippen LogP) is 0.325. The lowest BCUT2D eigenvalue weighted by Gasteiger charge is -2.40. The van der Waals surface area contributed by atoms with Crippen LogP contribution in [0.15, 0.2) is 24.0 Å². The van der Waals surface area contributed by atoms with Crippen molar-refractivity contribution in [1.82, 2.24) is 0 Å². The number of aromatic hydroxyl groups is 1. The lowest BCUT2D eigenvalue weighted by Crippen LogP contribution is -2.56. The lowest BCUT2D eigenvalue weighted by molar-refractivity contribution is -0.261. The first kappa shape index (κ1) is 17.7. The van der Waals surface area contributed by atoms with Crippen molar-refractivity contribution in [2.75, 3.05) is 6.61 Å². The van der Waals surface area contributed by atoms with E-state index in [9.17, 15) is 25.2 Å². The third-order valence-corrected chi connectivity index (χ3v) is 4.52. The number of phenolic OH excluding ortho intramolecular Hbond substituents is 1. The first-order valence-electron chi connectivity index (χ1n) is 7.93. The van der Waals surface area contributed by atoms with Crippen LogP contribution in [0.25, 0.3) is 0 Å². The number of rotatable bonds is 3. The van der Waals surface area contributed by atoms with E-state index in [2.05, 4.69) is 0 Å². The first-order valence-corrected chi connectivity index (χ1v) is 7.93. The van der Waals surface area contributed by atoms with Crippen molar-refractivity contribution in [2.45, 2.75) is 38.4 Å². The molecule has 2 aliphatic rings. The fourth-order valence-corrected chi connectivity index (χ4v) is 2.91. The Morgan fingerprint density at radius 3 is 2.64 bits per heavy atom. The molecule has 5 atom stereocenters. The number of phenols is 1. The molecule has 136 valence electrons. The van der Waals surface area contributed by atoms with E-state index in [0.717, 1.165) is 0 Å². The fraction of sp³-hybridized carbons (Fsp3) is 0.471. The number of ether oxygens (including phenoxy) is 3. The molecule has 5 unspecified atom stereocenters. The van der Waals surface area contributed by atoms with Gasteiger partial charge in [0.15, 0.2) is 17.3 Å². The molecule has 0 aliphatic carbocycles. The standard InChI is InChI=1S/C17H20O8/c1-3-9-13(20)8-4-5-10(14(21)16(8)23-9)24-17-15(22)12(19)7(2)11(6-18)25-17/h3-5,7,11-12,15,17-19,21-22H,6H2,1-2H3/b9-3-. The number of Topliss-reactive ketones (excluding diaryl/α,β-unsaturated/α-hetero) is 1. The van der Waals surface area contributed by atoms with Gasteiger partial charge in [0.1, 0.15) is 6.10 Å². The minimum atomic E-state index is -1.38. The van der Waals surface area contributed by atoms with Crippen molar-refractivity contribution in [1.29, 1.82) is 0 Å². The molecular formula is C17H20O8. The van der Waals surface area contributed by atoms with E-state index >= 15 is 0 Å². The largest absolute Gasteiger partial charge is 0.502 e. The number of carbonyl (C=O) groups excluding carboxylic acids is 1. The van der Waals surface area contributed by atoms with Crippen molar-refractivity contribution in [3.8, 4) is 17.2 Å². The Hall–Kier alpha value is -2.13. The van der Waals surface area contributed by atoms with Gasteiger partial charge >= 0.3 is 0 Å². The second-order valence-electron chi connectivity index (χ2n) is 6.06. The predicted molar refractivity (Wildman–Crippen MR) is 84.4 cm³/mol. The molecule has 1 aromatic carbocycles. The molecule has 8 heteroatoms. The molecule has 2 aliphatic heterocycles. The van der Waals surface area contributed by atoms with Crippen molar-refractivity contribution in [3.05, 3.63) is 29.5 Å². The quantitative estimate of drug-likeness (QED) is 0.573. The molecule has 0 amide bonds. The van der Waals surface area contributed by atoms with Crippen LogP contribution in [0.5, 0.6) is 17.2 Å². The Morgan fingerprint density at radius 2 is 2.00 bits per heavy atom. The third kappa shape index (κ3) is 2.87. The summed E-state index contributed by atoms with van der Waals surface area (Å²) in [5, 5.41) is 39.8. The first-order chi connectivity index (χ1) is 11.9. The highest BCUT2D eigenvalue weighted by Gasteiger charge is 2.43. The number of aliphatic hydroxyl groups excluding tert-OH is 3. The molecule has 8 nitrogen and oxygen atoms in total. The van der Waals surface area contributed by atoms with Crippen LogP contribution >= 0.6 is 0 Å². The summed E-state index contributed by atoms with van der Waals surface area (Å²) < 4.78 is 16.3. The van der Waals surface area contributed by atoms with Gasteiger partial charge in [-0.25, -0.2) is 0 Å². The minimum absolute atomic E-state index is 0.0338. The Morgan fingerprint density at radius 1 is 1.28 bits per heavy atom. The van der Waals surface area contributed by atoms with Crippen LogP contribution in [-0.2, 0) is 4.74 Å². The topological polar surface area (TPSA) is 126 Å². The van der Waals surface area contributed by atoms with Crippen molar-refractivity contribution in [2.24, 2.45) is 5.92 Å². The molecule has 4 N–H and O–H groups in total. The monoisotopic (exact) mass is 352 g/mol. The molecule has 3 rings (SSSR count). The second-order valence-corrected chi connectivity index (χ2v) is 6.06. The molecule has 1 fully saturated rings. The number of aliphatic hydroxyl groups is 3. The summed E-state index contributed by atoms with van der Waals surface area (Å²) in [7, 11) is 0. The van der Waals surface area contributed by atoms with Crippen LogP contribution in [-0.4, -0.2) is 57.4 Å². The highest BCUT2D eigenvalue weighted by atomic mass is 16.7. The zero-order valence-corrected chi connectivity index (χ0v) is 13.7. The number of carbonyl (C=O) groups is 1. The molecule has 0 spiro atoms. The Labute approximate surface area is 143 Å². The number of ketones is 1. The SMILES string of the molecule is C/C=C1\Oc2c(ccc(OC3OC(CO)C(C)C(O)C3O)c2O)C1=O. The summed E-state index contributed by atoms with van der Waals surface area (Å²) in [6.07, 6.45) is -3.09. The average Bonchev–Trinajstić information content (AvgIpc) is 2.94. The van der Waals surface area contributed by atoms with Gasteiger partial charge in [0.25, 0.3) is 0 Å². The van der Waals surface area contributed by atoms with E-state index in [-0.39, 0.29) is 35.2 Å². The van der Waals surface area contributed by atoms with Crippen LogP contribution in [0.1, 0.15) is 24.2 Å². The molecular weight excluding hydrogens is 332 g/mol. The summed E-state index contributed by atoms with van der Waals surface area (Å²) >= 11 is 0. The van der Waals surface area contributed by atoms with Crippen LogP contribution in [0.4, 0.5) is 0 Å². The fourth-order valence-electron chi connectivity index (χ4n) is 2.91. The van der Waals surface area contributed by atoms with E-state index in [0.29, 0.717) is 0 Å². The molecule has 25 heavy (non-hydrogen) atoms. The van der Waals surface area contributed by atoms with Gasteiger partial charge in [0.05, 0.1) is 24.4 Å². The average molecular weight is 352 g/mol. The smallest absolute Gasteiger partial charge is 0.231 e. The number of fused-ring (bicyclic) bond motifs is 1. The van der Waals surface area contributed by atoms with Crippen molar-refractivity contribution < 1.29 is 39.4 Å². The van der Waals surface area contributed by atoms with E-state index in [1.54, 1.807) is 13.8 Å². The summed E-state index contributed by atoms with van der Waals surface area (Å²) in [6, 6.07) is 2.78. The van der Waals surface area contributed by atoms with Gasteiger partial charge < -0.3 is 34.6 Å². The minimum Gasteiger partial charge on any atom is -0.502 e. The van der Waals surface area contributed by atoms with Crippen LogP contribution in [0, 0.1) is 5.92 Å².